The van der Waals surface area contributed by atoms with Gasteiger partial charge in [0.2, 0.25) is 0 Å². The minimum Gasteiger partial charge on any atom is -0.462 e. The molecule has 0 unspecified atom stereocenters. The number of Topliss-reactive ketones (excluding diaryl/α,β-unsaturated/α-hetero) is 1. The standard InChI is InChI=1S/C26H21Cl2NO6S/c1-4-33-25(31)23-14(3)24(26(32)34-5-2)36-22(23)12-20(30)16(13-29)10-17-7-9-21(35-17)15-6-8-18(27)19(28)11-15/h6-11H,4-5,12H2,1-3H3/b16-10+. The van der Waals surface area contributed by atoms with Crippen LogP contribution < -0.4 is 0 Å². The predicted molar refractivity (Wildman–Crippen MR) is 137 cm³/mol. The summed E-state index contributed by atoms with van der Waals surface area (Å²) in [5.41, 5.74) is 1.01. The van der Waals surface area contributed by atoms with Crippen molar-refractivity contribution in [1.82, 2.24) is 0 Å². The van der Waals surface area contributed by atoms with Crippen LogP contribution in [0.1, 0.15) is 50.1 Å². The number of ether oxygens (including phenoxy) is 2. The molecule has 0 N–H and O–H groups in total. The topological polar surface area (TPSA) is 107 Å². The third-order valence-electron chi connectivity index (χ3n) is 5.02. The molecule has 0 spiro atoms. The van der Waals surface area contributed by atoms with E-state index in [2.05, 4.69) is 0 Å². The van der Waals surface area contributed by atoms with Gasteiger partial charge in [-0.1, -0.05) is 23.2 Å². The number of hydrogen-bond acceptors (Lipinski definition) is 8. The van der Waals surface area contributed by atoms with Crippen LogP contribution >= 0.6 is 34.5 Å². The van der Waals surface area contributed by atoms with Crippen LogP contribution in [-0.4, -0.2) is 30.9 Å². The number of nitriles is 1. The average Bonchev–Trinajstić information content (AvgIpc) is 3.43. The number of halogens is 2. The molecule has 0 fully saturated rings. The van der Waals surface area contributed by atoms with Gasteiger partial charge in [-0.25, -0.2) is 9.59 Å². The maximum absolute atomic E-state index is 13.0. The molecule has 10 heteroatoms. The average molecular weight is 546 g/mol. The number of ketones is 1. The smallest absolute Gasteiger partial charge is 0.348 e. The van der Waals surface area contributed by atoms with Gasteiger partial charge < -0.3 is 13.9 Å². The number of carbonyl (C=O) groups excluding carboxylic acids is 3. The highest BCUT2D eigenvalue weighted by Crippen LogP contribution is 2.32. The number of rotatable bonds is 9. The maximum atomic E-state index is 13.0. The van der Waals surface area contributed by atoms with Gasteiger partial charge in [-0.2, -0.15) is 5.26 Å². The molecule has 0 saturated heterocycles. The summed E-state index contributed by atoms with van der Waals surface area (Å²) in [5, 5.41) is 10.4. The van der Waals surface area contributed by atoms with Crippen LogP contribution in [0.4, 0.5) is 0 Å². The van der Waals surface area contributed by atoms with Gasteiger partial charge in [0, 0.05) is 22.9 Å². The van der Waals surface area contributed by atoms with Crippen LogP contribution in [0.25, 0.3) is 17.4 Å². The number of furan rings is 1. The number of carbonyl (C=O) groups is 3. The zero-order valence-corrected chi connectivity index (χ0v) is 22.0. The van der Waals surface area contributed by atoms with E-state index in [0.717, 1.165) is 11.3 Å². The summed E-state index contributed by atoms with van der Waals surface area (Å²) in [5.74, 6) is -1.04. The fourth-order valence-corrected chi connectivity index (χ4v) is 4.84. The van der Waals surface area contributed by atoms with Crippen LogP contribution in [0.2, 0.25) is 10.0 Å². The molecular weight excluding hydrogens is 525 g/mol. The number of thiophene rings is 1. The van der Waals surface area contributed by atoms with Gasteiger partial charge in [0.25, 0.3) is 0 Å². The molecule has 3 aromatic rings. The van der Waals surface area contributed by atoms with E-state index in [9.17, 15) is 19.6 Å². The fourth-order valence-electron chi connectivity index (χ4n) is 3.35. The van der Waals surface area contributed by atoms with E-state index < -0.39 is 17.7 Å². The van der Waals surface area contributed by atoms with Crippen molar-refractivity contribution in [3.63, 3.8) is 0 Å². The molecule has 2 aromatic heterocycles. The van der Waals surface area contributed by atoms with E-state index in [1.165, 1.54) is 6.08 Å². The predicted octanol–water partition coefficient (Wildman–Crippen LogP) is 6.70. The first-order valence-corrected chi connectivity index (χ1v) is 12.4. The number of esters is 2. The fraction of sp³-hybridized carbons (Fsp3) is 0.231. The first-order valence-electron chi connectivity index (χ1n) is 10.9. The third kappa shape index (κ3) is 6.05. The second-order valence-corrected chi connectivity index (χ2v) is 9.32. The molecule has 0 radical (unpaired) electrons. The maximum Gasteiger partial charge on any atom is 0.348 e. The van der Waals surface area contributed by atoms with Crippen molar-refractivity contribution in [3.05, 3.63) is 72.6 Å². The van der Waals surface area contributed by atoms with Crippen LogP contribution in [0.5, 0.6) is 0 Å². The highest BCUT2D eigenvalue weighted by molar-refractivity contribution is 7.14. The Morgan fingerprint density at radius 2 is 1.75 bits per heavy atom. The molecule has 1 aromatic carbocycles. The van der Waals surface area contributed by atoms with Crippen LogP contribution in [-0.2, 0) is 20.7 Å². The van der Waals surface area contributed by atoms with Crippen molar-refractivity contribution in [1.29, 1.82) is 5.26 Å². The SMILES string of the molecule is CCOC(=O)c1sc(CC(=O)/C(C#N)=C/c2ccc(-c3ccc(Cl)c(Cl)c3)o2)c(C(=O)OCC)c1C. The molecule has 0 bridgehead atoms. The minimum atomic E-state index is -0.649. The Bertz CT molecular complexity index is 1400. The van der Waals surface area contributed by atoms with Crippen molar-refractivity contribution < 1.29 is 28.3 Å². The molecule has 3 rings (SSSR count). The van der Waals surface area contributed by atoms with E-state index in [4.69, 9.17) is 37.1 Å². The van der Waals surface area contributed by atoms with Gasteiger partial charge in [-0.3, -0.25) is 4.79 Å². The van der Waals surface area contributed by atoms with E-state index in [1.807, 2.05) is 6.07 Å². The Morgan fingerprint density at radius 3 is 2.39 bits per heavy atom. The monoisotopic (exact) mass is 545 g/mol. The summed E-state index contributed by atoms with van der Waals surface area (Å²) in [4.78, 5) is 38.5. The zero-order valence-electron chi connectivity index (χ0n) is 19.6. The van der Waals surface area contributed by atoms with Crippen molar-refractivity contribution in [2.24, 2.45) is 0 Å². The molecule has 0 saturated carbocycles. The van der Waals surface area contributed by atoms with Gasteiger partial charge in [0.15, 0.2) is 5.78 Å². The Labute approximate surface area is 221 Å². The first-order chi connectivity index (χ1) is 17.2. The normalized spacial score (nSPS) is 11.2. The molecule has 36 heavy (non-hydrogen) atoms. The van der Waals surface area contributed by atoms with Gasteiger partial charge in [-0.15, -0.1) is 11.3 Å². The van der Waals surface area contributed by atoms with Gasteiger partial charge in [0.05, 0.1) is 34.4 Å². The highest BCUT2D eigenvalue weighted by Gasteiger charge is 2.28. The van der Waals surface area contributed by atoms with E-state index in [-0.39, 0.29) is 41.4 Å². The van der Waals surface area contributed by atoms with Crippen LogP contribution in [0.3, 0.4) is 0 Å². The number of allylic oxidation sites excluding steroid dienone is 1. The quantitative estimate of drug-likeness (QED) is 0.167. The summed E-state index contributed by atoms with van der Waals surface area (Å²) in [6, 6.07) is 10.2. The van der Waals surface area contributed by atoms with Gasteiger partial charge in [0.1, 0.15) is 22.5 Å². The Balaban J connectivity index is 1.91. The van der Waals surface area contributed by atoms with E-state index in [1.54, 1.807) is 51.1 Å². The Kier molecular flexibility index (Phi) is 9.10. The highest BCUT2D eigenvalue weighted by atomic mass is 35.5. The Hall–Kier alpha value is -3.38. The summed E-state index contributed by atoms with van der Waals surface area (Å²) in [7, 11) is 0. The first kappa shape index (κ1) is 27.2. The molecule has 0 aliphatic heterocycles. The van der Waals surface area contributed by atoms with Gasteiger partial charge in [-0.05, 0) is 56.7 Å². The summed E-state index contributed by atoms with van der Waals surface area (Å²) in [6.45, 7) is 5.20. The molecule has 0 amide bonds. The molecule has 7 nitrogen and oxygen atoms in total. The lowest BCUT2D eigenvalue weighted by Crippen LogP contribution is -2.12. The van der Waals surface area contributed by atoms with Crippen LogP contribution in [0, 0.1) is 18.3 Å². The van der Waals surface area contributed by atoms with Crippen LogP contribution in [0.15, 0.2) is 40.3 Å². The molecular formula is C26H21Cl2NO6S. The molecule has 0 aliphatic rings. The molecule has 0 aliphatic carbocycles. The second-order valence-electron chi connectivity index (χ2n) is 7.40. The second kappa shape index (κ2) is 12.0. The molecule has 2 heterocycles. The molecule has 0 atom stereocenters. The number of hydrogen-bond donors (Lipinski definition) is 0. The minimum absolute atomic E-state index is 0.124. The number of benzene rings is 1. The third-order valence-corrected chi connectivity index (χ3v) is 7.03. The molecule has 186 valence electrons. The summed E-state index contributed by atoms with van der Waals surface area (Å²) in [6.07, 6.45) is 1.04. The summed E-state index contributed by atoms with van der Waals surface area (Å²) >= 11 is 13.0. The van der Waals surface area contributed by atoms with Gasteiger partial charge >= 0.3 is 11.9 Å². The van der Waals surface area contributed by atoms with Crippen molar-refractivity contribution in [2.45, 2.75) is 27.2 Å². The van der Waals surface area contributed by atoms with E-state index >= 15 is 0 Å². The summed E-state index contributed by atoms with van der Waals surface area (Å²) < 4.78 is 15.9. The zero-order chi connectivity index (χ0) is 26.4. The van der Waals surface area contributed by atoms with Crippen molar-refractivity contribution in [3.8, 4) is 17.4 Å². The van der Waals surface area contributed by atoms with Crippen molar-refractivity contribution in [2.75, 3.05) is 13.2 Å². The van der Waals surface area contributed by atoms with E-state index in [0.29, 0.717) is 31.8 Å². The lowest BCUT2D eigenvalue weighted by Gasteiger charge is -2.05. The number of nitrogens with zero attached hydrogens (tertiary/aromatic N) is 1. The largest absolute Gasteiger partial charge is 0.462 e. The lowest BCUT2D eigenvalue weighted by atomic mass is 10.0. The van der Waals surface area contributed by atoms with Crippen molar-refractivity contribution >= 4 is 58.3 Å². The lowest BCUT2D eigenvalue weighted by molar-refractivity contribution is -0.114. The Morgan fingerprint density at radius 1 is 1.06 bits per heavy atom.